The SMILES string of the molecule is CCC1SC(=O)N(Cc2cccc(NC(=O)c3ccc[nH]3)c2)N=C1c1ccc(OC)c(OC)c1. The summed E-state index contributed by atoms with van der Waals surface area (Å²) in [6.45, 7) is 2.32. The Balaban J connectivity index is 1.58. The predicted molar refractivity (Wildman–Crippen MR) is 134 cm³/mol. The fourth-order valence-electron chi connectivity index (χ4n) is 3.68. The minimum absolute atomic E-state index is 0.0618. The van der Waals surface area contributed by atoms with E-state index in [2.05, 4.69) is 10.3 Å². The molecule has 1 aliphatic rings. The molecule has 1 aromatic heterocycles. The molecule has 2 amide bonds. The Morgan fingerprint density at radius 2 is 1.94 bits per heavy atom. The van der Waals surface area contributed by atoms with Crippen LogP contribution in [0.5, 0.6) is 11.5 Å². The lowest BCUT2D eigenvalue weighted by molar-refractivity contribution is 0.102. The molecule has 8 nitrogen and oxygen atoms in total. The van der Waals surface area contributed by atoms with Gasteiger partial charge in [-0.05, 0) is 54.4 Å². The molecule has 176 valence electrons. The number of rotatable bonds is 8. The van der Waals surface area contributed by atoms with Gasteiger partial charge in [0.1, 0.15) is 5.69 Å². The molecule has 0 saturated heterocycles. The largest absolute Gasteiger partial charge is 0.493 e. The first-order chi connectivity index (χ1) is 16.5. The van der Waals surface area contributed by atoms with Gasteiger partial charge in [-0.2, -0.15) is 5.10 Å². The number of ether oxygens (including phenoxy) is 2. The summed E-state index contributed by atoms with van der Waals surface area (Å²) in [6, 6.07) is 16.5. The van der Waals surface area contributed by atoms with Crippen molar-refractivity contribution in [1.29, 1.82) is 0 Å². The Kier molecular flexibility index (Phi) is 7.22. The summed E-state index contributed by atoms with van der Waals surface area (Å²) >= 11 is 1.26. The van der Waals surface area contributed by atoms with Crippen LogP contribution >= 0.6 is 11.8 Å². The Morgan fingerprint density at radius 1 is 1.12 bits per heavy atom. The van der Waals surface area contributed by atoms with Gasteiger partial charge in [0.25, 0.3) is 5.91 Å². The minimum atomic E-state index is -0.230. The first-order valence-electron chi connectivity index (χ1n) is 10.8. The van der Waals surface area contributed by atoms with Crippen LogP contribution in [0.4, 0.5) is 10.5 Å². The normalized spacial score (nSPS) is 15.6. The third-order valence-corrected chi connectivity index (χ3v) is 6.65. The molecule has 9 heteroatoms. The van der Waals surface area contributed by atoms with Gasteiger partial charge in [-0.25, -0.2) is 5.01 Å². The summed E-state index contributed by atoms with van der Waals surface area (Å²) in [5, 5.41) is 8.89. The second-order valence-electron chi connectivity index (χ2n) is 7.63. The van der Waals surface area contributed by atoms with Crippen LogP contribution in [0.1, 0.15) is 35.0 Å². The van der Waals surface area contributed by atoms with Gasteiger partial charge in [0.15, 0.2) is 11.5 Å². The van der Waals surface area contributed by atoms with Crippen LogP contribution in [0.25, 0.3) is 0 Å². The number of methoxy groups -OCH3 is 2. The Morgan fingerprint density at radius 3 is 2.65 bits per heavy atom. The highest BCUT2D eigenvalue weighted by atomic mass is 32.2. The Labute approximate surface area is 202 Å². The topological polar surface area (TPSA) is 96.0 Å². The molecule has 0 aliphatic carbocycles. The van der Waals surface area contributed by atoms with Gasteiger partial charge < -0.3 is 19.8 Å². The van der Waals surface area contributed by atoms with Gasteiger partial charge in [-0.1, -0.05) is 30.8 Å². The summed E-state index contributed by atoms with van der Waals surface area (Å²) in [5.41, 5.74) is 3.65. The maximum absolute atomic E-state index is 12.8. The quantitative estimate of drug-likeness (QED) is 0.468. The number of amides is 2. The number of hydrogen-bond donors (Lipinski definition) is 2. The minimum Gasteiger partial charge on any atom is -0.493 e. The van der Waals surface area contributed by atoms with E-state index in [1.54, 1.807) is 32.5 Å². The lowest BCUT2D eigenvalue weighted by Gasteiger charge is -2.28. The Bertz CT molecular complexity index is 1210. The standard InChI is InChI=1S/C25H26N4O4S/c1-4-22-23(17-10-11-20(32-2)21(14-17)33-3)28-29(25(31)34-22)15-16-7-5-8-18(13-16)27-24(30)19-9-6-12-26-19/h5-14,22,26H,4,15H2,1-3H3,(H,27,30). The molecular weight excluding hydrogens is 452 g/mol. The van der Waals surface area contributed by atoms with Gasteiger partial charge in [-0.15, -0.1) is 0 Å². The first-order valence-corrected chi connectivity index (χ1v) is 11.7. The molecule has 4 rings (SSSR count). The average molecular weight is 479 g/mol. The molecule has 0 saturated carbocycles. The smallest absolute Gasteiger partial charge is 0.302 e. The zero-order valence-electron chi connectivity index (χ0n) is 19.2. The number of anilines is 1. The highest BCUT2D eigenvalue weighted by Crippen LogP contribution is 2.33. The summed E-state index contributed by atoms with van der Waals surface area (Å²) in [7, 11) is 3.18. The van der Waals surface area contributed by atoms with Crippen LogP contribution in [0, 0.1) is 0 Å². The summed E-state index contributed by atoms with van der Waals surface area (Å²) in [4.78, 5) is 28.1. The van der Waals surface area contributed by atoms with Gasteiger partial charge in [0.05, 0.1) is 31.7 Å². The first kappa shape index (κ1) is 23.4. The van der Waals surface area contributed by atoms with Gasteiger partial charge in [0.2, 0.25) is 0 Å². The van der Waals surface area contributed by atoms with Crippen molar-refractivity contribution in [2.45, 2.75) is 25.1 Å². The van der Waals surface area contributed by atoms with E-state index < -0.39 is 0 Å². The number of carbonyl (C=O) groups excluding carboxylic acids is 2. The maximum Gasteiger partial charge on any atom is 0.302 e. The second-order valence-corrected chi connectivity index (χ2v) is 8.79. The predicted octanol–water partition coefficient (Wildman–Crippen LogP) is 5.14. The number of benzene rings is 2. The number of nitrogens with zero attached hydrogens (tertiary/aromatic N) is 2. The number of nitrogens with one attached hydrogen (secondary N) is 2. The monoisotopic (exact) mass is 478 g/mol. The highest BCUT2D eigenvalue weighted by molar-refractivity contribution is 8.14. The number of aromatic amines is 1. The summed E-state index contributed by atoms with van der Waals surface area (Å²) in [5.74, 6) is 1.01. The number of thioether (sulfide) groups is 1. The van der Waals surface area contributed by atoms with E-state index in [-0.39, 0.29) is 22.9 Å². The lowest BCUT2D eigenvalue weighted by Crippen LogP contribution is -2.34. The van der Waals surface area contributed by atoms with E-state index in [9.17, 15) is 9.59 Å². The molecule has 0 fully saturated rings. The van der Waals surface area contributed by atoms with Gasteiger partial charge in [0, 0.05) is 17.4 Å². The Hall–Kier alpha value is -3.72. The van der Waals surface area contributed by atoms with Crippen LogP contribution in [0.15, 0.2) is 65.9 Å². The van der Waals surface area contributed by atoms with E-state index in [1.165, 1.54) is 16.8 Å². The second kappa shape index (κ2) is 10.5. The fourth-order valence-corrected chi connectivity index (χ4v) is 4.61. The number of aromatic nitrogens is 1. The van der Waals surface area contributed by atoms with E-state index >= 15 is 0 Å². The van der Waals surface area contributed by atoms with Crippen molar-refractivity contribution in [1.82, 2.24) is 9.99 Å². The van der Waals surface area contributed by atoms with E-state index in [0.29, 0.717) is 22.9 Å². The van der Waals surface area contributed by atoms with Gasteiger partial charge >= 0.3 is 5.24 Å². The van der Waals surface area contributed by atoms with Crippen molar-refractivity contribution in [2.24, 2.45) is 5.10 Å². The van der Waals surface area contributed by atoms with E-state index in [1.807, 2.05) is 49.4 Å². The molecule has 3 aromatic rings. The van der Waals surface area contributed by atoms with Crippen molar-refractivity contribution in [3.8, 4) is 11.5 Å². The number of carbonyl (C=O) groups is 2. The average Bonchev–Trinajstić information content (AvgIpc) is 3.40. The van der Waals surface area contributed by atoms with Crippen LogP contribution < -0.4 is 14.8 Å². The van der Waals surface area contributed by atoms with Crippen molar-refractivity contribution in [2.75, 3.05) is 19.5 Å². The highest BCUT2D eigenvalue weighted by Gasteiger charge is 2.30. The van der Waals surface area contributed by atoms with E-state index in [0.717, 1.165) is 23.3 Å². The van der Waals surface area contributed by atoms with Crippen molar-refractivity contribution in [3.05, 3.63) is 77.6 Å². The lowest BCUT2D eigenvalue weighted by atomic mass is 10.0. The molecule has 0 spiro atoms. The maximum atomic E-state index is 12.8. The summed E-state index contributed by atoms with van der Waals surface area (Å²) in [6.07, 6.45) is 2.46. The molecule has 1 aliphatic heterocycles. The third-order valence-electron chi connectivity index (χ3n) is 5.40. The third kappa shape index (κ3) is 5.09. The van der Waals surface area contributed by atoms with Gasteiger partial charge in [-0.3, -0.25) is 9.59 Å². The molecule has 0 bridgehead atoms. The van der Waals surface area contributed by atoms with Crippen LogP contribution in [0.2, 0.25) is 0 Å². The number of hydrazone groups is 1. The van der Waals surface area contributed by atoms with E-state index in [4.69, 9.17) is 14.6 Å². The van der Waals surface area contributed by atoms with Crippen molar-refractivity contribution in [3.63, 3.8) is 0 Å². The van der Waals surface area contributed by atoms with Crippen LogP contribution in [-0.2, 0) is 6.54 Å². The fraction of sp³-hybridized carbons (Fsp3) is 0.240. The molecule has 1 atom stereocenters. The summed E-state index contributed by atoms with van der Waals surface area (Å²) < 4.78 is 10.8. The molecule has 2 aromatic carbocycles. The zero-order valence-corrected chi connectivity index (χ0v) is 20.0. The van der Waals surface area contributed by atoms with Crippen LogP contribution in [0.3, 0.4) is 0 Å². The molecule has 0 radical (unpaired) electrons. The van der Waals surface area contributed by atoms with Crippen molar-refractivity contribution >= 4 is 34.3 Å². The van der Waals surface area contributed by atoms with Crippen LogP contribution in [-0.4, -0.2) is 46.3 Å². The van der Waals surface area contributed by atoms with Crippen molar-refractivity contribution < 1.29 is 19.1 Å². The molecule has 2 heterocycles. The molecule has 1 unspecified atom stereocenters. The molecular formula is C25H26N4O4S. The number of H-pyrrole nitrogens is 1. The molecule has 34 heavy (non-hydrogen) atoms. The molecule has 2 N–H and O–H groups in total. The number of hydrogen-bond acceptors (Lipinski definition) is 6. The zero-order chi connectivity index (χ0) is 24.1.